The van der Waals surface area contributed by atoms with E-state index < -0.39 is 20.3 Å². The Labute approximate surface area is 113 Å². The quantitative estimate of drug-likeness (QED) is 0.642. The van der Waals surface area contributed by atoms with Crippen molar-refractivity contribution in [1.82, 2.24) is 0 Å². The van der Waals surface area contributed by atoms with Crippen molar-refractivity contribution in [3.63, 3.8) is 0 Å². The second kappa shape index (κ2) is 7.56. The monoisotopic (exact) mass is 344 g/mol. The van der Waals surface area contributed by atoms with Crippen molar-refractivity contribution in [2.45, 2.75) is 72.6 Å². The van der Waals surface area contributed by atoms with Crippen LogP contribution < -0.4 is 0 Å². The average Bonchev–Trinajstić information content (AvgIpc) is 2.31. The van der Waals surface area contributed by atoms with Gasteiger partial charge in [-0.25, -0.2) is 0 Å². The van der Waals surface area contributed by atoms with Gasteiger partial charge in [0.1, 0.15) is 0 Å². The first-order valence-corrected chi connectivity index (χ1v) is 16.3. The van der Waals surface area contributed by atoms with Crippen molar-refractivity contribution in [3.8, 4) is 0 Å². The maximum atomic E-state index is 6.76. The van der Waals surface area contributed by atoms with E-state index in [0.717, 1.165) is 11.8 Å². The fourth-order valence-corrected chi connectivity index (χ4v) is 14.4. The van der Waals surface area contributed by atoms with E-state index >= 15 is 0 Å². The van der Waals surface area contributed by atoms with Crippen LogP contribution in [0.25, 0.3) is 0 Å². The third-order valence-electron chi connectivity index (χ3n) is 4.63. The van der Waals surface area contributed by atoms with E-state index in [1.807, 2.05) is 0 Å². The molecule has 0 amide bonds. The van der Waals surface area contributed by atoms with Gasteiger partial charge in [0.25, 0.3) is 0 Å². The van der Waals surface area contributed by atoms with E-state index in [2.05, 4.69) is 0 Å². The van der Waals surface area contributed by atoms with E-state index in [1.54, 1.807) is 0 Å². The van der Waals surface area contributed by atoms with Gasteiger partial charge in [0, 0.05) is 0 Å². The molecule has 2 fully saturated rings. The Morgan fingerprint density at radius 2 is 1.06 bits per heavy atom. The molecule has 0 aliphatic heterocycles. The molecule has 0 saturated heterocycles. The molecule has 0 aromatic carbocycles. The summed E-state index contributed by atoms with van der Waals surface area (Å²) < 4.78 is 3.03. The van der Waals surface area contributed by atoms with Crippen molar-refractivity contribution in [2.24, 2.45) is 11.8 Å². The van der Waals surface area contributed by atoms with Gasteiger partial charge in [-0.2, -0.15) is 0 Å². The van der Waals surface area contributed by atoms with Crippen LogP contribution in [0.5, 0.6) is 0 Å². The zero-order chi connectivity index (χ0) is 11.2. The summed E-state index contributed by atoms with van der Waals surface area (Å²) in [7, 11) is 6.76. The molecule has 2 aliphatic carbocycles. The predicted octanol–water partition coefficient (Wildman–Crippen LogP) is 5.38. The number of hydrogen-bond acceptors (Lipinski definition) is 0. The average molecular weight is 345 g/mol. The molecule has 0 atom stereocenters. The summed E-state index contributed by atoms with van der Waals surface area (Å²) in [5, 5.41) is 0. The SMILES string of the molecule is [Cl][In]([CH2]C1CCCCC1)[CH2]C1CCCCC1. The Bertz CT molecular complexity index is 163. The first-order valence-electron chi connectivity index (χ1n) is 7.48. The fourth-order valence-electron chi connectivity index (χ4n) is 3.67. The van der Waals surface area contributed by atoms with Crippen LogP contribution in [0, 0.1) is 11.8 Å². The Kier molecular flexibility index (Phi) is 6.42. The maximum absolute atomic E-state index is 6.76. The summed E-state index contributed by atoms with van der Waals surface area (Å²) in [6, 6.07) is 0. The van der Waals surface area contributed by atoms with Crippen molar-refractivity contribution >= 4 is 28.8 Å². The van der Waals surface area contributed by atoms with E-state index in [0.29, 0.717) is 0 Å². The summed E-state index contributed by atoms with van der Waals surface area (Å²) in [6.45, 7) is 0. The van der Waals surface area contributed by atoms with Gasteiger partial charge in [0.2, 0.25) is 0 Å². The first-order chi connectivity index (χ1) is 7.84. The topological polar surface area (TPSA) is 0 Å². The van der Waals surface area contributed by atoms with Crippen LogP contribution in [0.3, 0.4) is 0 Å². The molecule has 0 spiro atoms. The Morgan fingerprint density at radius 3 is 1.44 bits per heavy atom. The molecule has 2 aliphatic rings. The third kappa shape index (κ3) is 4.80. The second-order valence-electron chi connectivity index (χ2n) is 6.08. The summed E-state index contributed by atoms with van der Waals surface area (Å²) in [6.07, 6.45) is 15.0. The van der Waals surface area contributed by atoms with Crippen molar-refractivity contribution < 1.29 is 0 Å². The van der Waals surface area contributed by atoms with Gasteiger partial charge in [-0.15, -0.1) is 0 Å². The van der Waals surface area contributed by atoms with Gasteiger partial charge in [0.05, 0.1) is 0 Å². The Morgan fingerprint density at radius 1 is 0.688 bits per heavy atom. The van der Waals surface area contributed by atoms with Crippen LogP contribution in [0.4, 0.5) is 0 Å². The van der Waals surface area contributed by atoms with Gasteiger partial charge in [-0.1, -0.05) is 0 Å². The minimum absolute atomic E-state index is 1.05. The molecule has 0 heterocycles. The number of hydrogen-bond donors (Lipinski definition) is 0. The minimum atomic E-state index is -1.57. The summed E-state index contributed by atoms with van der Waals surface area (Å²) in [4.78, 5) is 0. The van der Waals surface area contributed by atoms with E-state index in [-0.39, 0.29) is 0 Å². The van der Waals surface area contributed by atoms with E-state index in [4.69, 9.17) is 8.58 Å². The van der Waals surface area contributed by atoms with Gasteiger partial charge < -0.3 is 0 Å². The molecule has 0 radical (unpaired) electrons. The van der Waals surface area contributed by atoms with Crippen molar-refractivity contribution in [2.75, 3.05) is 0 Å². The van der Waals surface area contributed by atoms with Gasteiger partial charge >= 0.3 is 113 Å². The normalized spacial score (nSPS) is 24.6. The van der Waals surface area contributed by atoms with Gasteiger partial charge in [-0.3, -0.25) is 0 Å². The number of halogens is 1. The van der Waals surface area contributed by atoms with Crippen LogP contribution in [-0.2, 0) is 0 Å². The van der Waals surface area contributed by atoms with Gasteiger partial charge in [-0.05, 0) is 0 Å². The predicted molar refractivity (Wildman–Crippen MR) is 74.4 cm³/mol. The summed E-state index contributed by atoms with van der Waals surface area (Å²) >= 11 is -1.57. The molecule has 0 unspecified atom stereocenters. The molecule has 92 valence electrons. The molecular weight excluding hydrogens is 318 g/mol. The molecule has 2 saturated carbocycles. The Balaban J connectivity index is 1.64. The van der Waals surface area contributed by atoms with Crippen LogP contribution in [0.15, 0.2) is 0 Å². The zero-order valence-corrected chi connectivity index (χ0v) is 14.6. The van der Waals surface area contributed by atoms with Crippen LogP contribution in [-0.4, -0.2) is 20.3 Å². The Hall–Kier alpha value is 1.16. The standard InChI is InChI=1S/2C7H13.ClH.In/c2*1-7-5-3-2-4-6-7;;/h2*7H,1-6H2;1H;/q;;;+1/p-1. The molecule has 2 rings (SSSR count). The van der Waals surface area contributed by atoms with Crippen LogP contribution in [0.1, 0.15) is 64.2 Å². The number of rotatable bonds is 4. The second-order valence-corrected chi connectivity index (χ2v) is 16.3. The third-order valence-corrected chi connectivity index (χ3v) is 13.7. The van der Waals surface area contributed by atoms with E-state index in [1.165, 1.54) is 72.6 Å². The van der Waals surface area contributed by atoms with E-state index in [9.17, 15) is 0 Å². The molecule has 0 bridgehead atoms. The summed E-state index contributed by atoms with van der Waals surface area (Å²) in [5.74, 6) is 2.10. The van der Waals surface area contributed by atoms with Crippen molar-refractivity contribution in [3.05, 3.63) is 0 Å². The summed E-state index contributed by atoms with van der Waals surface area (Å²) in [5.41, 5.74) is 0. The molecule has 16 heavy (non-hydrogen) atoms. The molecule has 0 N–H and O–H groups in total. The molecular formula is C14H26ClIn. The molecule has 0 nitrogen and oxygen atoms in total. The molecule has 0 aromatic rings. The first kappa shape index (κ1) is 13.6. The van der Waals surface area contributed by atoms with Crippen molar-refractivity contribution in [1.29, 1.82) is 0 Å². The molecule has 2 heteroatoms. The van der Waals surface area contributed by atoms with Gasteiger partial charge in [0.15, 0.2) is 0 Å². The molecule has 0 aromatic heterocycles. The van der Waals surface area contributed by atoms with Crippen LogP contribution in [0.2, 0.25) is 8.35 Å². The zero-order valence-electron chi connectivity index (χ0n) is 10.6. The fraction of sp³-hybridized carbons (Fsp3) is 1.00. The van der Waals surface area contributed by atoms with Crippen LogP contribution >= 0.6 is 8.58 Å².